The highest BCUT2D eigenvalue weighted by Gasteiger charge is 1.88. The fourth-order valence-corrected chi connectivity index (χ4v) is 0.753. The molecule has 0 heterocycles. The summed E-state index contributed by atoms with van der Waals surface area (Å²) < 4.78 is 0. The van der Waals surface area contributed by atoms with Crippen molar-refractivity contribution >= 4 is 6.21 Å². The number of hydrogen-bond acceptors (Lipinski definition) is 2. The summed E-state index contributed by atoms with van der Waals surface area (Å²) in [6.45, 7) is 3.10. The second-order valence-corrected chi connectivity index (χ2v) is 2.66. The molecule has 0 aliphatic carbocycles. The van der Waals surface area contributed by atoms with Crippen LogP contribution in [0.5, 0.6) is 0 Å². The van der Waals surface area contributed by atoms with E-state index in [4.69, 9.17) is 0 Å². The van der Waals surface area contributed by atoms with Gasteiger partial charge in [-0.25, -0.2) is 0 Å². The summed E-state index contributed by atoms with van der Waals surface area (Å²) in [4.78, 5) is 6.00. The first kappa shape index (κ1) is 9.37. The molecule has 10 heavy (non-hydrogen) atoms. The van der Waals surface area contributed by atoms with Crippen LogP contribution in [0.4, 0.5) is 0 Å². The van der Waals surface area contributed by atoms with Gasteiger partial charge < -0.3 is 4.90 Å². The van der Waals surface area contributed by atoms with Crippen LogP contribution in [-0.2, 0) is 0 Å². The Morgan fingerprint density at radius 1 is 1.50 bits per heavy atom. The first-order valence-corrected chi connectivity index (χ1v) is 3.39. The van der Waals surface area contributed by atoms with Crippen LogP contribution in [-0.4, -0.2) is 38.8 Å². The zero-order chi connectivity index (χ0) is 7.98. The van der Waals surface area contributed by atoms with E-state index in [0.717, 1.165) is 6.54 Å². The van der Waals surface area contributed by atoms with E-state index in [1.165, 1.54) is 5.57 Å². The fraction of sp³-hybridized carbons (Fsp3) is 0.625. The van der Waals surface area contributed by atoms with Crippen LogP contribution in [0.1, 0.15) is 6.92 Å². The molecule has 0 amide bonds. The van der Waals surface area contributed by atoms with Crippen molar-refractivity contribution in [3.8, 4) is 0 Å². The van der Waals surface area contributed by atoms with Crippen LogP contribution in [0.15, 0.2) is 16.6 Å². The molecule has 0 atom stereocenters. The standard InChI is InChI=1S/C8H16N2/c1-8(5-6-9-2)7-10(3)4/h5-6H,7H2,1-4H3/b8-5+,9-6?. The first-order chi connectivity index (χ1) is 4.66. The molecule has 0 aromatic rings. The number of aliphatic imine (C=N–C) groups is 1. The summed E-state index contributed by atoms with van der Waals surface area (Å²) in [6, 6.07) is 0. The van der Waals surface area contributed by atoms with Gasteiger partial charge in [0.1, 0.15) is 0 Å². The lowest BCUT2D eigenvalue weighted by Crippen LogP contribution is -2.13. The Morgan fingerprint density at radius 3 is 2.50 bits per heavy atom. The van der Waals surface area contributed by atoms with Crippen molar-refractivity contribution in [3.05, 3.63) is 11.6 Å². The molecule has 2 heteroatoms. The number of hydrogen-bond donors (Lipinski definition) is 0. The Bertz CT molecular complexity index is 134. The van der Waals surface area contributed by atoms with E-state index < -0.39 is 0 Å². The molecular formula is C8H16N2. The van der Waals surface area contributed by atoms with Gasteiger partial charge in [0.15, 0.2) is 0 Å². The van der Waals surface area contributed by atoms with E-state index in [1.54, 1.807) is 7.05 Å². The SMILES string of the molecule is CN=C/C=C(\C)CN(C)C. The summed E-state index contributed by atoms with van der Waals surface area (Å²) in [6.07, 6.45) is 3.85. The van der Waals surface area contributed by atoms with Gasteiger partial charge in [-0.15, -0.1) is 0 Å². The average molecular weight is 140 g/mol. The molecule has 0 saturated carbocycles. The van der Waals surface area contributed by atoms with Crippen LogP contribution < -0.4 is 0 Å². The van der Waals surface area contributed by atoms with Crippen LogP contribution in [0.3, 0.4) is 0 Å². The van der Waals surface area contributed by atoms with Crippen LogP contribution in [0, 0.1) is 0 Å². The molecule has 0 saturated heterocycles. The molecule has 2 nitrogen and oxygen atoms in total. The minimum atomic E-state index is 1.01. The van der Waals surface area contributed by atoms with E-state index in [1.807, 2.05) is 12.3 Å². The summed E-state index contributed by atoms with van der Waals surface area (Å²) in [5.74, 6) is 0. The van der Waals surface area contributed by atoms with Gasteiger partial charge >= 0.3 is 0 Å². The second-order valence-electron chi connectivity index (χ2n) is 2.66. The third-order valence-electron chi connectivity index (χ3n) is 1.07. The minimum Gasteiger partial charge on any atom is -0.305 e. The molecule has 0 N–H and O–H groups in total. The predicted molar refractivity (Wildman–Crippen MR) is 46.7 cm³/mol. The molecule has 0 unspecified atom stereocenters. The van der Waals surface area contributed by atoms with Gasteiger partial charge in [0, 0.05) is 19.8 Å². The normalized spacial score (nSPS) is 13.5. The van der Waals surface area contributed by atoms with E-state index in [0.29, 0.717) is 0 Å². The molecule has 0 aliphatic rings. The largest absolute Gasteiger partial charge is 0.305 e. The second kappa shape index (κ2) is 5.18. The van der Waals surface area contributed by atoms with Crippen LogP contribution in [0.25, 0.3) is 0 Å². The molecule has 0 radical (unpaired) electrons. The maximum atomic E-state index is 3.86. The van der Waals surface area contributed by atoms with Crippen molar-refractivity contribution in [2.75, 3.05) is 27.7 Å². The lowest BCUT2D eigenvalue weighted by atomic mass is 10.3. The predicted octanol–water partition coefficient (Wildman–Crippen LogP) is 1.19. The van der Waals surface area contributed by atoms with Crippen molar-refractivity contribution in [2.45, 2.75) is 6.92 Å². The van der Waals surface area contributed by atoms with Gasteiger partial charge in [-0.05, 0) is 27.1 Å². The zero-order valence-electron chi connectivity index (χ0n) is 7.26. The number of rotatable bonds is 3. The summed E-state index contributed by atoms with van der Waals surface area (Å²) >= 11 is 0. The van der Waals surface area contributed by atoms with E-state index in [9.17, 15) is 0 Å². The van der Waals surface area contributed by atoms with Crippen molar-refractivity contribution in [2.24, 2.45) is 4.99 Å². The van der Waals surface area contributed by atoms with Crippen LogP contribution in [0.2, 0.25) is 0 Å². The Kier molecular flexibility index (Phi) is 4.85. The summed E-state index contributed by atoms with van der Waals surface area (Å²) in [7, 11) is 5.89. The quantitative estimate of drug-likeness (QED) is 0.538. The van der Waals surface area contributed by atoms with Gasteiger partial charge in [-0.1, -0.05) is 5.57 Å². The van der Waals surface area contributed by atoms with Crippen molar-refractivity contribution in [3.63, 3.8) is 0 Å². The molecule has 0 rings (SSSR count). The Labute approximate surface area is 63.3 Å². The Morgan fingerprint density at radius 2 is 2.10 bits per heavy atom. The smallest absolute Gasteiger partial charge is 0.0277 e. The molecule has 0 fully saturated rings. The van der Waals surface area contributed by atoms with Gasteiger partial charge in [0.25, 0.3) is 0 Å². The van der Waals surface area contributed by atoms with Crippen molar-refractivity contribution in [1.82, 2.24) is 4.90 Å². The average Bonchev–Trinajstić information content (AvgIpc) is 1.82. The van der Waals surface area contributed by atoms with Crippen molar-refractivity contribution < 1.29 is 0 Å². The zero-order valence-corrected chi connectivity index (χ0v) is 7.26. The lowest BCUT2D eigenvalue weighted by Gasteiger charge is -2.07. The van der Waals surface area contributed by atoms with Crippen molar-refractivity contribution in [1.29, 1.82) is 0 Å². The number of allylic oxidation sites excluding steroid dienone is 1. The molecule has 0 spiro atoms. The van der Waals surface area contributed by atoms with Gasteiger partial charge in [0.2, 0.25) is 0 Å². The molecule has 0 aromatic carbocycles. The number of likely N-dealkylation sites (N-methyl/N-ethyl adjacent to an activating group) is 1. The van der Waals surface area contributed by atoms with Gasteiger partial charge in [-0.2, -0.15) is 0 Å². The molecule has 0 aliphatic heterocycles. The highest BCUT2D eigenvalue weighted by Crippen LogP contribution is 1.91. The fourth-order valence-electron chi connectivity index (χ4n) is 0.753. The Balaban J connectivity index is 3.71. The van der Waals surface area contributed by atoms with Gasteiger partial charge in [0.05, 0.1) is 0 Å². The monoisotopic (exact) mass is 140 g/mol. The van der Waals surface area contributed by atoms with Crippen LogP contribution >= 0.6 is 0 Å². The third kappa shape index (κ3) is 5.51. The highest BCUT2D eigenvalue weighted by molar-refractivity contribution is 5.71. The maximum absolute atomic E-state index is 3.86. The molecule has 58 valence electrons. The first-order valence-electron chi connectivity index (χ1n) is 3.39. The summed E-state index contributed by atoms with van der Waals surface area (Å²) in [5.41, 5.74) is 1.33. The van der Waals surface area contributed by atoms with E-state index in [-0.39, 0.29) is 0 Å². The van der Waals surface area contributed by atoms with Gasteiger partial charge in [-0.3, -0.25) is 4.99 Å². The van der Waals surface area contributed by atoms with E-state index in [2.05, 4.69) is 30.9 Å². The summed E-state index contributed by atoms with van der Waals surface area (Å²) in [5, 5.41) is 0. The molecule has 0 bridgehead atoms. The van der Waals surface area contributed by atoms with E-state index >= 15 is 0 Å². The maximum Gasteiger partial charge on any atom is 0.0277 e. The molecule has 0 aromatic heterocycles. The highest BCUT2D eigenvalue weighted by atomic mass is 15.0. The third-order valence-corrected chi connectivity index (χ3v) is 1.07. The number of nitrogens with zero attached hydrogens (tertiary/aromatic N) is 2. The Hall–Kier alpha value is -0.630. The lowest BCUT2D eigenvalue weighted by molar-refractivity contribution is 0.445. The molecular weight excluding hydrogens is 124 g/mol. The minimum absolute atomic E-state index is 1.01. The topological polar surface area (TPSA) is 15.6 Å².